The van der Waals surface area contributed by atoms with E-state index in [1.807, 2.05) is 48.5 Å². The van der Waals surface area contributed by atoms with Gasteiger partial charge in [0.05, 0.1) is 10.2 Å². The summed E-state index contributed by atoms with van der Waals surface area (Å²) >= 11 is 1.46. The minimum atomic E-state index is -0.204. The second kappa shape index (κ2) is 6.58. The van der Waals surface area contributed by atoms with Gasteiger partial charge in [-0.1, -0.05) is 48.6 Å². The van der Waals surface area contributed by atoms with Gasteiger partial charge in [-0.2, -0.15) is 0 Å². The molecule has 0 bridgehead atoms. The zero-order valence-corrected chi connectivity index (χ0v) is 13.0. The average molecular weight is 312 g/mol. The Hall–Kier alpha value is -2.40. The summed E-state index contributed by atoms with van der Waals surface area (Å²) in [5.41, 5.74) is 1.98. The number of aromatic nitrogens is 1. The Morgan fingerprint density at radius 1 is 1.18 bits per heavy atom. The number of hydrogen-bond acceptors (Lipinski definition) is 4. The molecule has 0 saturated heterocycles. The Bertz CT molecular complexity index is 765. The summed E-state index contributed by atoms with van der Waals surface area (Å²) in [5.74, 6) is 0.550. The lowest BCUT2D eigenvalue weighted by Gasteiger charge is -2.09. The number of ether oxygens (including phenoxy) is 1. The maximum absolute atomic E-state index is 12.0. The summed E-state index contributed by atoms with van der Waals surface area (Å²) in [6.45, 7) is 2.04. The van der Waals surface area contributed by atoms with Crippen LogP contribution in [0.1, 0.15) is 12.5 Å². The molecule has 0 spiro atoms. The molecule has 0 atom stereocenters. The molecule has 22 heavy (non-hydrogen) atoms. The molecule has 0 fully saturated rings. The molecule has 3 aromatic rings. The largest absolute Gasteiger partial charge is 0.483 e. The predicted octanol–water partition coefficient (Wildman–Crippen LogP) is 3.88. The Balaban J connectivity index is 1.62. The number of rotatable bonds is 5. The summed E-state index contributed by atoms with van der Waals surface area (Å²) in [6.07, 6.45) is 0.871. The Labute approximate surface area is 132 Å². The molecule has 112 valence electrons. The van der Waals surface area contributed by atoms with Crippen LogP contribution in [0.3, 0.4) is 0 Å². The first-order valence-electron chi connectivity index (χ1n) is 7.12. The van der Waals surface area contributed by atoms with Gasteiger partial charge in [0.2, 0.25) is 0 Å². The van der Waals surface area contributed by atoms with E-state index < -0.39 is 0 Å². The average Bonchev–Trinajstić information content (AvgIpc) is 2.95. The maximum atomic E-state index is 12.0. The predicted molar refractivity (Wildman–Crippen MR) is 89.6 cm³/mol. The molecule has 0 aliphatic carbocycles. The molecular formula is C17H16N2O2S. The van der Waals surface area contributed by atoms with Gasteiger partial charge in [0.15, 0.2) is 11.7 Å². The number of para-hydroxylation sites is 2. The lowest BCUT2D eigenvalue weighted by molar-refractivity contribution is -0.118. The van der Waals surface area contributed by atoms with Gasteiger partial charge < -0.3 is 4.74 Å². The van der Waals surface area contributed by atoms with Crippen molar-refractivity contribution in [1.29, 1.82) is 0 Å². The molecular weight excluding hydrogens is 296 g/mol. The van der Waals surface area contributed by atoms with E-state index >= 15 is 0 Å². The van der Waals surface area contributed by atoms with E-state index in [1.165, 1.54) is 11.3 Å². The number of anilines is 1. The molecule has 0 radical (unpaired) electrons. The van der Waals surface area contributed by atoms with Gasteiger partial charge in [0.1, 0.15) is 5.75 Å². The topological polar surface area (TPSA) is 51.2 Å². The molecule has 4 nitrogen and oxygen atoms in total. The van der Waals surface area contributed by atoms with Crippen molar-refractivity contribution in [2.45, 2.75) is 13.3 Å². The van der Waals surface area contributed by atoms with Crippen molar-refractivity contribution in [2.75, 3.05) is 11.9 Å². The zero-order chi connectivity index (χ0) is 15.4. The fraction of sp³-hybridized carbons (Fsp3) is 0.176. The van der Waals surface area contributed by atoms with Gasteiger partial charge in [0.25, 0.3) is 5.91 Å². The summed E-state index contributed by atoms with van der Waals surface area (Å²) in [4.78, 5) is 16.4. The third-order valence-electron chi connectivity index (χ3n) is 3.25. The number of fused-ring (bicyclic) bond motifs is 1. The number of carbonyl (C=O) groups excluding carboxylic acids is 1. The van der Waals surface area contributed by atoms with Gasteiger partial charge in [-0.15, -0.1) is 0 Å². The van der Waals surface area contributed by atoms with Crippen LogP contribution in [0, 0.1) is 0 Å². The van der Waals surface area contributed by atoms with Crippen molar-refractivity contribution in [2.24, 2.45) is 0 Å². The zero-order valence-electron chi connectivity index (χ0n) is 12.2. The number of nitrogens with zero attached hydrogens (tertiary/aromatic N) is 1. The van der Waals surface area contributed by atoms with Crippen LogP contribution in [0.25, 0.3) is 10.2 Å². The number of thiazole rings is 1. The minimum Gasteiger partial charge on any atom is -0.483 e. The van der Waals surface area contributed by atoms with Gasteiger partial charge in [0, 0.05) is 0 Å². The number of hydrogen-bond donors (Lipinski definition) is 1. The monoisotopic (exact) mass is 312 g/mol. The van der Waals surface area contributed by atoms with E-state index in [9.17, 15) is 4.79 Å². The van der Waals surface area contributed by atoms with Crippen molar-refractivity contribution in [1.82, 2.24) is 4.98 Å². The second-order valence-corrected chi connectivity index (χ2v) is 5.82. The van der Waals surface area contributed by atoms with Crippen LogP contribution >= 0.6 is 11.3 Å². The lowest BCUT2D eigenvalue weighted by atomic mass is 10.1. The number of nitrogens with one attached hydrogen (secondary N) is 1. The van der Waals surface area contributed by atoms with Crippen LogP contribution in [0.2, 0.25) is 0 Å². The highest BCUT2D eigenvalue weighted by atomic mass is 32.1. The Morgan fingerprint density at radius 3 is 2.77 bits per heavy atom. The van der Waals surface area contributed by atoms with Crippen molar-refractivity contribution in [3.05, 3.63) is 54.1 Å². The van der Waals surface area contributed by atoms with Crippen molar-refractivity contribution in [3.63, 3.8) is 0 Å². The summed E-state index contributed by atoms with van der Waals surface area (Å²) in [5, 5.41) is 3.38. The van der Waals surface area contributed by atoms with Crippen LogP contribution in [0.15, 0.2) is 48.5 Å². The van der Waals surface area contributed by atoms with Crippen molar-refractivity contribution >= 4 is 32.6 Å². The Morgan fingerprint density at radius 2 is 1.95 bits per heavy atom. The molecule has 0 saturated carbocycles. The number of benzene rings is 2. The molecule has 1 heterocycles. The van der Waals surface area contributed by atoms with Crippen LogP contribution in [0.4, 0.5) is 5.13 Å². The highest BCUT2D eigenvalue weighted by Gasteiger charge is 2.09. The molecule has 3 rings (SSSR count). The third kappa shape index (κ3) is 3.26. The molecule has 5 heteroatoms. The lowest BCUT2D eigenvalue weighted by Crippen LogP contribution is -2.20. The first-order chi connectivity index (χ1) is 10.8. The smallest absolute Gasteiger partial charge is 0.264 e. The third-order valence-corrected chi connectivity index (χ3v) is 4.20. The fourth-order valence-electron chi connectivity index (χ4n) is 2.16. The van der Waals surface area contributed by atoms with Crippen LogP contribution in [0.5, 0.6) is 5.75 Å². The summed E-state index contributed by atoms with van der Waals surface area (Å²) < 4.78 is 6.65. The SMILES string of the molecule is CCc1ccccc1OCC(=O)Nc1nc2ccccc2s1. The van der Waals surface area contributed by atoms with Gasteiger partial charge >= 0.3 is 0 Å². The van der Waals surface area contributed by atoms with Crippen molar-refractivity contribution < 1.29 is 9.53 Å². The maximum Gasteiger partial charge on any atom is 0.264 e. The number of carbonyl (C=O) groups is 1. The molecule has 1 amide bonds. The van der Waals surface area contributed by atoms with E-state index in [0.29, 0.717) is 5.13 Å². The number of amides is 1. The Kier molecular flexibility index (Phi) is 4.34. The van der Waals surface area contributed by atoms with Gasteiger partial charge in [-0.05, 0) is 30.2 Å². The normalized spacial score (nSPS) is 10.6. The standard InChI is InChI=1S/C17H16N2O2S/c1-2-12-7-3-5-9-14(12)21-11-16(20)19-17-18-13-8-4-6-10-15(13)22-17/h3-10H,2,11H2,1H3,(H,18,19,20). The van der Waals surface area contributed by atoms with E-state index in [1.54, 1.807) is 0 Å². The van der Waals surface area contributed by atoms with E-state index in [-0.39, 0.29) is 12.5 Å². The summed E-state index contributed by atoms with van der Waals surface area (Å²) in [6, 6.07) is 15.5. The number of aryl methyl sites for hydroxylation is 1. The van der Waals surface area contributed by atoms with E-state index in [2.05, 4.69) is 17.2 Å². The molecule has 2 aromatic carbocycles. The molecule has 1 aromatic heterocycles. The fourth-order valence-corrected chi connectivity index (χ4v) is 3.04. The van der Waals surface area contributed by atoms with E-state index in [0.717, 1.165) is 28.0 Å². The second-order valence-electron chi connectivity index (χ2n) is 4.78. The van der Waals surface area contributed by atoms with Crippen LogP contribution in [-0.4, -0.2) is 17.5 Å². The molecule has 1 N–H and O–H groups in total. The van der Waals surface area contributed by atoms with Gasteiger partial charge in [-0.25, -0.2) is 4.98 Å². The first-order valence-corrected chi connectivity index (χ1v) is 7.94. The molecule has 0 unspecified atom stereocenters. The quantitative estimate of drug-likeness (QED) is 0.778. The van der Waals surface area contributed by atoms with Crippen LogP contribution in [-0.2, 0) is 11.2 Å². The highest BCUT2D eigenvalue weighted by molar-refractivity contribution is 7.22. The summed E-state index contributed by atoms with van der Waals surface area (Å²) in [7, 11) is 0. The highest BCUT2D eigenvalue weighted by Crippen LogP contribution is 2.25. The van der Waals surface area contributed by atoms with Crippen molar-refractivity contribution in [3.8, 4) is 5.75 Å². The minimum absolute atomic E-state index is 0.0209. The first kappa shape index (κ1) is 14.5. The molecule has 0 aliphatic rings. The van der Waals surface area contributed by atoms with Gasteiger partial charge in [-0.3, -0.25) is 10.1 Å². The van der Waals surface area contributed by atoms with E-state index in [4.69, 9.17) is 4.74 Å². The van der Waals surface area contributed by atoms with Crippen LogP contribution < -0.4 is 10.1 Å². The molecule has 0 aliphatic heterocycles.